The number of hydrogen-bond donors (Lipinski definition) is 2. The van der Waals surface area contributed by atoms with E-state index in [2.05, 4.69) is 15.2 Å². The maximum atomic E-state index is 12.3. The highest BCUT2D eigenvalue weighted by atomic mass is 35.5. The summed E-state index contributed by atoms with van der Waals surface area (Å²) in [7, 11) is 0. The molecule has 2 N–H and O–H groups in total. The quantitative estimate of drug-likeness (QED) is 0.717. The standard InChI is InChI=1S/C19H17Cl2N3O2/c20-11-1-3-16-13(9-11)14-10-12(21)2-4-17(14)24(16)8-6-18(25)23-15-5-7-22-19(15)26/h1-4,9-10,15H,5-8H2,(H,22,26)(H,23,25). The van der Waals surface area contributed by atoms with E-state index in [1.807, 2.05) is 36.4 Å². The Labute approximate surface area is 160 Å². The molecule has 0 bridgehead atoms. The van der Waals surface area contributed by atoms with Gasteiger partial charge in [0, 0.05) is 51.4 Å². The molecular formula is C19H17Cl2N3O2. The van der Waals surface area contributed by atoms with Gasteiger partial charge >= 0.3 is 0 Å². The zero-order valence-electron chi connectivity index (χ0n) is 13.9. The van der Waals surface area contributed by atoms with Gasteiger partial charge in [-0.1, -0.05) is 23.2 Å². The molecule has 134 valence electrons. The van der Waals surface area contributed by atoms with Gasteiger partial charge in [-0.2, -0.15) is 0 Å². The molecule has 1 fully saturated rings. The Morgan fingerprint density at radius 3 is 2.27 bits per heavy atom. The number of rotatable bonds is 4. The van der Waals surface area contributed by atoms with Crippen molar-refractivity contribution < 1.29 is 9.59 Å². The molecule has 1 aromatic heterocycles. The third-order valence-corrected chi connectivity index (χ3v) is 5.21. The number of carbonyl (C=O) groups is 2. The van der Waals surface area contributed by atoms with E-state index < -0.39 is 6.04 Å². The summed E-state index contributed by atoms with van der Waals surface area (Å²) in [6, 6.07) is 11.0. The molecule has 1 unspecified atom stereocenters. The second-order valence-corrected chi connectivity index (χ2v) is 7.30. The molecule has 0 radical (unpaired) electrons. The van der Waals surface area contributed by atoms with Crippen molar-refractivity contribution in [3.05, 3.63) is 46.4 Å². The smallest absolute Gasteiger partial charge is 0.242 e. The monoisotopic (exact) mass is 389 g/mol. The minimum Gasteiger partial charge on any atom is -0.354 e. The van der Waals surface area contributed by atoms with Crippen molar-refractivity contribution in [2.24, 2.45) is 0 Å². The second kappa shape index (κ2) is 6.82. The van der Waals surface area contributed by atoms with Crippen LogP contribution in [0.4, 0.5) is 0 Å². The molecule has 0 aliphatic carbocycles. The summed E-state index contributed by atoms with van der Waals surface area (Å²) in [6.07, 6.45) is 0.921. The normalized spacial score (nSPS) is 17.0. The number of halogens is 2. The number of carbonyl (C=O) groups excluding carboxylic acids is 2. The lowest BCUT2D eigenvalue weighted by Crippen LogP contribution is -2.40. The van der Waals surface area contributed by atoms with Crippen LogP contribution < -0.4 is 10.6 Å². The molecule has 7 heteroatoms. The predicted molar refractivity (Wildman–Crippen MR) is 104 cm³/mol. The molecule has 0 saturated carbocycles. The summed E-state index contributed by atoms with van der Waals surface area (Å²) in [5.74, 6) is -0.246. The van der Waals surface area contributed by atoms with Crippen LogP contribution in [0, 0.1) is 0 Å². The molecule has 1 aliphatic heterocycles. The Morgan fingerprint density at radius 2 is 1.73 bits per heavy atom. The van der Waals surface area contributed by atoms with Gasteiger partial charge in [0.2, 0.25) is 11.8 Å². The van der Waals surface area contributed by atoms with Crippen LogP contribution in [-0.2, 0) is 16.1 Å². The summed E-state index contributed by atoms with van der Waals surface area (Å²) in [6.45, 7) is 1.11. The van der Waals surface area contributed by atoms with Crippen LogP contribution in [0.5, 0.6) is 0 Å². The fraction of sp³-hybridized carbons (Fsp3) is 0.263. The Hall–Kier alpha value is -2.24. The topological polar surface area (TPSA) is 63.1 Å². The van der Waals surface area contributed by atoms with Crippen molar-refractivity contribution in [1.82, 2.24) is 15.2 Å². The molecular weight excluding hydrogens is 373 g/mol. The first-order valence-corrected chi connectivity index (χ1v) is 9.22. The van der Waals surface area contributed by atoms with Crippen LogP contribution in [0.15, 0.2) is 36.4 Å². The SMILES string of the molecule is O=C(CCn1c2ccc(Cl)cc2c2cc(Cl)ccc21)NC1CCNC1=O. The third-order valence-electron chi connectivity index (χ3n) is 4.74. The van der Waals surface area contributed by atoms with Crippen molar-refractivity contribution in [1.29, 1.82) is 0 Å². The van der Waals surface area contributed by atoms with E-state index in [4.69, 9.17) is 23.2 Å². The highest BCUT2D eigenvalue weighted by Crippen LogP contribution is 2.32. The third kappa shape index (κ3) is 3.13. The van der Waals surface area contributed by atoms with E-state index in [0.29, 0.717) is 29.6 Å². The van der Waals surface area contributed by atoms with Crippen molar-refractivity contribution in [3.63, 3.8) is 0 Å². The summed E-state index contributed by atoms with van der Waals surface area (Å²) >= 11 is 12.3. The largest absolute Gasteiger partial charge is 0.354 e. The van der Waals surface area contributed by atoms with E-state index in [9.17, 15) is 9.59 Å². The van der Waals surface area contributed by atoms with Gasteiger partial charge in [0.05, 0.1) is 0 Å². The van der Waals surface area contributed by atoms with Crippen molar-refractivity contribution >= 4 is 56.8 Å². The molecule has 2 aromatic carbocycles. The zero-order chi connectivity index (χ0) is 18.3. The average Bonchev–Trinajstić information content (AvgIpc) is 3.14. The lowest BCUT2D eigenvalue weighted by Gasteiger charge is -2.11. The van der Waals surface area contributed by atoms with E-state index in [1.54, 1.807) is 0 Å². The molecule has 3 aromatic rings. The van der Waals surface area contributed by atoms with Crippen molar-refractivity contribution in [3.8, 4) is 0 Å². The van der Waals surface area contributed by atoms with Crippen molar-refractivity contribution in [2.75, 3.05) is 6.54 Å². The van der Waals surface area contributed by atoms with Crippen LogP contribution in [0.2, 0.25) is 10.0 Å². The lowest BCUT2D eigenvalue weighted by atomic mass is 10.1. The van der Waals surface area contributed by atoms with Crippen LogP contribution >= 0.6 is 23.2 Å². The van der Waals surface area contributed by atoms with Gasteiger partial charge in [0.15, 0.2) is 0 Å². The van der Waals surface area contributed by atoms with Crippen molar-refractivity contribution in [2.45, 2.75) is 25.4 Å². The first-order valence-electron chi connectivity index (χ1n) is 8.47. The lowest BCUT2D eigenvalue weighted by molar-refractivity contribution is -0.127. The number of benzene rings is 2. The first kappa shape index (κ1) is 17.2. The molecule has 0 spiro atoms. The first-order chi connectivity index (χ1) is 12.5. The fourth-order valence-electron chi connectivity index (χ4n) is 3.50. The minimum atomic E-state index is -0.418. The molecule has 1 aliphatic rings. The number of nitrogens with zero attached hydrogens (tertiary/aromatic N) is 1. The van der Waals surface area contributed by atoms with Gasteiger partial charge in [0.1, 0.15) is 6.04 Å². The highest BCUT2D eigenvalue weighted by molar-refractivity contribution is 6.33. The number of hydrogen-bond acceptors (Lipinski definition) is 2. The Morgan fingerprint density at radius 1 is 1.12 bits per heavy atom. The maximum Gasteiger partial charge on any atom is 0.242 e. The van der Waals surface area contributed by atoms with Gasteiger partial charge in [-0.3, -0.25) is 9.59 Å². The minimum absolute atomic E-state index is 0.112. The average molecular weight is 390 g/mol. The number of amides is 2. The molecule has 26 heavy (non-hydrogen) atoms. The Bertz CT molecular complexity index is 969. The van der Waals surface area contributed by atoms with Crippen LogP contribution in [-0.4, -0.2) is 29.0 Å². The maximum absolute atomic E-state index is 12.3. The summed E-state index contributed by atoms with van der Waals surface area (Å²) < 4.78 is 2.09. The zero-order valence-corrected chi connectivity index (χ0v) is 15.4. The summed E-state index contributed by atoms with van der Waals surface area (Å²) in [4.78, 5) is 23.9. The van der Waals surface area contributed by atoms with Gasteiger partial charge in [-0.15, -0.1) is 0 Å². The summed E-state index contributed by atoms with van der Waals surface area (Å²) in [5.41, 5.74) is 2.00. The molecule has 2 amide bonds. The van der Waals surface area contributed by atoms with E-state index in [1.165, 1.54) is 0 Å². The second-order valence-electron chi connectivity index (χ2n) is 6.42. The molecule has 1 saturated heterocycles. The van der Waals surface area contributed by atoms with Crippen LogP contribution in [0.25, 0.3) is 21.8 Å². The van der Waals surface area contributed by atoms with Gasteiger partial charge in [-0.05, 0) is 42.8 Å². The Balaban J connectivity index is 1.63. The Kier molecular flexibility index (Phi) is 4.51. The van der Waals surface area contributed by atoms with E-state index in [0.717, 1.165) is 21.8 Å². The van der Waals surface area contributed by atoms with Gasteiger partial charge in [-0.25, -0.2) is 0 Å². The number of aryl methyl sites for hydroxylation is 1. The number of fused-ring (bicyclic) bond motifs is 3. The number of nitrogens with one attached hydrogen (secondary N) is 2. The predicted octanol–water partition coefficient (Wildman–Crippen LogP) is 3.50. The fourth-order valence-corrected chi connectivity index (χ4v) is 3.85. The van der Waals surface area contributed by atoms with Crippen LogP contribution in [0.3, 0.4) is 0 Å². The van der Waals surface area contributed by atoms with E-state index in [-0.39, 0.29) is 18.2 Å². The summed E-state index contributed by atoms with van der Waals surface area (Å²) in [5, 5.41) is 8.84. The number of aromatic nitrogens is 1. The van der Waals surface area contributed by atoms with E-state index >= 15 is 0 Å². The molecule has 2 heterocycles. The molecule has 5 nitrogen and oxygen atoms in total. The van der Waals surface area contributed by atoms with Gasteiger partial charge in [0.25, 0.3) is 0 Å². The molecule has 1 atom stereocenters. The van der Waals surface area contributed by atoms with Crippen LogP contribution in [0.1, 0.15) is 12.8 Å². The van der Waals surface area contributed by atoms with Gasteiger partial charge < -0.3 is 15.2 Å². The highest BCUT2D eigenvalue weighted by Gasteiger charge is 2.25. The molecule has 4 rings (SSSR count).